The number of hydrogen-bond acceptors (Lipinski definition) is 27. The minimum Gasteiger partial charge on any atom is -0.464 e. The van der Waals surface area contributed by atoms with Crippen LogP contribution in [0.4, 0.5) is 9.59 Å². The highest BCUT2D eigenvalue weighted by atomic mass is 32.1. The number of aromatic nitrogens is 8. The summed E-state index contributed by atoms with van der Waals surface area (Å²) in [5.74, 6) is -1.72. The summed E-state index contributed by atoms with van der Waals surface area (Å²) in [6, 6.07) is -2.04. The smallest absolute Gasteiger partial charge is 0.408 e. The van der Waals surface area contributed by atoms with Crippen LogP contribution in [0.3, 0.4) is 0 Å². The Morgan fingerprint density at radius 1 is 0.469 bits per heavy atom. The van der Waals surface area contributed by atoms with E-state index in [1.807, 2.05) is 0 Å². The van der Waals surface area contributed by atoms with Crippen LogP contribution >= 0.6 is 45.3 Å². The molecule has 0 bridgehead atoms. The molecule has 3 amide bonds. The van der Waals surface area contributed by atoms with Crippen molar-refractivity contribution in [2.24, 2.45) is 5.73 Å². The first kappa shape index (κ1) is 60.4. The van der Waals surface area contributed by atoms with Crippen LogP contribution in [0.25, 0.3) is 67.7 Å². The summed E-state index contributed by atoms with van der Waals surface area (Å²) in [6.45, 7) is 20.8. The zero-order valence-corrected chi connectivity index (χ0v) is 49.4. The average molecular weight is 1190 g/mol. The summed E-state index contributed by atoms with van der Waals surface area (Å²) in [4.78, 5) is 108. The minimum atomic E-state index is -1.02. The minimum absolute atomic E-state index is 0.00260. The van der Waals surface area contributed by atoms with Crippen LogP contribution in [-0.4, -0.2) is 117 Å². The SMILES string of the molecule is CC(C)(C)OC(=O)N[C@@H](Cc1nc(-c2nc(-c3nc(-c4nc(C(N)=O)co4)cs3)co2)cs1)C(=O)OC(C)(C)C.COC(=O)c1coc(-c2csc(-c3coc(-c4csc(C[C@H](NC(=O)OC(C)(C)C)C(=O)OC(C)(C)C)n4)n3)n2)n1. The van der Waals surface area contributed by atoms with Crippen LogP contribution < -0.4 is 16.4 Å². The molecule has 8 heterocycles. The van der Waals surface area contributed by atoms with Crippen LogP contribution in [0.1, 0.15) is 114 Å². The number of primary amides is 1. The molecule has 0 saturated carbocycles. The van der Waals surface area contributed by atoms with E-state index in [2.05, 4.69) is 55.2 Å². The number of rotatable bonds is 16. The second-order valence-corrected chi connectivity index (χ2v) is 24.8. The lowest BCUT2D eigenvalue weighted by Gasteiger charge is -2.25. The number of alkyl carbamates (subject to hydrolysis) is 2. The number of nitrogens with zero attached hydrogens (tertiary/aromatic N) is 8. The first-order chi connectivity index (χ1) is 37.9. The average Bonchev–Trinajstić information content (AvgIpc) is 4.29. The van der Waals surface area contributed by atoms with Crippen LogP contribution in [0.2, 0.25) is 0 Å². The molecule has 4 N–H and O–H groups in total. The molecule has 0 fully saturated rings. The third-order valence-electron chi connectivity index (χ3n) is 9.61. The molecule has 30 heteroatoms. The van der Waals surface area contributed by atoms with Crippen molar-refractivity contribution >= 4 is 81.3 Å². The van der Waals surface area contributed by atoms with Crippen LogP contribution in [-0.2, 0) is 46.1 Å². The van der Waals surface area contributed by atoms with Crippen molar-refractivity contribution in [2.45, 2.75) is 130 Å². The van der Waals surface area contributed by atoms with Crippen LogP contribution in [0.5, 0.6) is 0 Å². The van der Waals surface area contributed by atoms with E-state index in [1.165, 1.54) is 77.5 Å². The number of carbonyl (C=O) groups excluding carboxylic acids is 6. The van der Waals surface area contributed by atoms with Gasteiger partial charge in [-0.1, -0.05) is 0 Å². The zero-order valence-electron chi connectivity index (χ0n) is 46.1. The molecular formula is C51H57N11O15S4. The Morgan fingerprint density at radius 3 is 1.19 bits per heavy atom. The zero-order chi connectivity index (χ0) is 59.2. The molecule has 81 heavy (non-hydrogen) atoms. The monoisotopic (exact) mass is 1190 g/mol. The summed E-state index contributed by atoms with van der Waals surface area (Å²) in [6.07, 6.45) is 3.92. The van der Waals surface area contributed by atoms with Crippen molar-refractivity contribution in [3.63, 3.8) is 0 Å². The highest BCUT2D eigenvalue weighted by Crippen LogP contribution is 2.33. The third-order valence-corrected chi connectivity index (χ3v) is 13.1. The van der Waals surface area contributed by atoms with Gasteiger partial charge < -0.3 is 57.7 Å². The topological polar surface area (TPSA) is 354 Å². The van der Waals surface area contributed by atoms with E-state index >= 15 is 0 Å². The summed E-state index contributed by atoms with van der Waals surface area (Å²) in [5, 5.41) is 14.2. The van der Waals surface area contributed by atoms with E-state index in [9.17, 15) is 28.8 Å². The van der Waals surface area contributed by atoms with Gasteiger partial charge in [-0.25, -0.2) is 63.8 Å². The van der Waals surface area contributed by atoms with E-state index < -0.39 is 70.5 Å². The van der Waals surface area contributed by atoms with E-state index in [1.54, 1.807) is 105 Å². The number of oxazole rings is 4. The molecule has 0 aromatic carbocycles. The maximum atomic E-state index is 12.9. The number of amides is 3. The Hall–Kier alpha value is -8.22. The molecule has 0 aliphatic rings. The second kappa shape index (κ2) is 24.7. The number of nitrogens with one attached hydrogen (secondary N) is 2. The Balaban J connectivity index is 0.000000234. The predicted molar refractivity (Wildman–Crippen MR) is 294 cm³/mol. The molecule has 2 atom stereocenters. The van der Waals surface area contributed by atoms with Crippen molar-refractivity contribution in [3.8, 4) is 67.7 Å². The largest absolute Gasteiger partial charge is 0.464 e. The number of hydrogen-bond donors (Lipinski definition) is 3. The number of ether oxygens (including phenoxy) is 5. The van der Waals surface area contributed by atoms with Gasteiger partial charge in [-0.2, -0.15) is 0 Å². The number of thiazole rings is 4. The molecule has 0 spiro atoms. The van der Waals surface area contributed by atoms with Gasteiger partial charge >= 0.3 is 30.1 Å². The van der Waals surface area contributed by atoms with Gasteiger partial charge in [0.2, 0.25) is 23.6 Å². The van der Waals surface area contributed by atoms with Gasteiger partial charge in [0.25, 0.3) is 5.91 Å². The Labute approximate surface area is 478 Å². The Morgan fingerprint density at radius 2 is 0.815 bits per heavy atom. The lowest BCUT2D eigenvalue weighted by atomic mass is 10.1. The van der Waals surface area contributed by atoms with Crippen molar-refractivity contribution < 1.29 is 70.1 Å². The van der Waals surface area contributed by atoms with Gasteiger partial charge in [0, 0.05) is 34.4 Å². The molecule has 0 saturated heterocycles. The predicted octanol–water partition coefficient (Wildman–Crippen LogP) is 9.59. The molecule has 8 aromatic rings. The first-order valence-electron chi connectivity index (χ1n) is 24.3. The maximum Gasteiger partial charge on any atom is 0.408 e. The molecule has 26 nitrogen and oxygen atoms in total. The fraction of sp³-hybridized carbons (Fsp3) is 0.412. The van der Waals surface area contributed by atoms with E-state index in [0.29, 0.717) is 54.2 Å². The third kappa shape index (κ3) is 17.4. The van der Waals surface area contributed by atoms with E-state index in [4.69, 9.17) is 42.3 Å². The highest BCUT2D eigenvalue weighted by molar-refractivity contribution is 7.13. The molecular weight excluding hydrogens is 1130 g/mol. The first-order valence-corrected chi connectivity index (χ1v) is 27.9. The lowest BCUT2D eigenvalue weighted by Crippen LogP contribution is -2.47. The van der Waals surface area contributed by atoms with Gasteiger partial charge in [-0.3, -0.25) is 4.79 Å². The van der Waals surface area contributed by atoms with Gasteiger partial charge in [0.15, 0.2) is 11.4 Å². The fourth-order valence-corrected chi connectivity index (χ4v) is 9.55. The van der Waals surface area contributed by atoms with Gasteiger partial charge in [-0.05, 0) is 83.1 Å². The summed E-state index contributed by atoms with van der Waals surface area (Å²) in [5.41, 5.74) is 4.93. The maximum absolute atomic E-state index is 12.9. The van der Waals surface area contributed by atoms with Gasteiger partial charge in [0.1, 0.15) is 104 Å². The molecule has 0 unspecified atom stereocenters. The molecule has 0 aliphatic heterocycles. The number of esters is 3. The quantitative estimate of drug-likeness (QED) is 0.0598. The Bertz CT molecular complexity index is 3520. The number of nitrogens with two attached hydrogens (primary N) is 1. The normalized spacial score (nSPS) is 12.6. The van der Waals surface area contributed by atoms with Gasteiger partial charge in [-0.15, -0.1) is 45.3 Å². The summed E-state index contributed by atoms with van der Waals surface area (Å²) in [7, 11) is 1.26. The molecule has 0 aliphatic carbocycles. The molecule has 430 valence electrons. The van der Waals surface area contributed by atoms with Crippen molar-refractivity contribution in [3.05, 3.63) is 68.0 Å². The van der Waals surface area contributed by atoms with E-state index in [0.717, 1.165) is 0 Å². The lowest BCUT2D eigenvalue weighted by molar-refractivity contribution is -0.158. The highest BCUT2D eigenvalue weighted by Gasteiger charge is 2.32. The summed E-state index contributed by atoms with van der Waals surface area (Å²) >= 11 is 5.13. The second-order valence-electron chi connectivity index (χ2n) is 21.2. The van der Waals surface area contributed by atoms with Crippen molar-refractivity contribution in [1.29, 1.82) is 0 Å². The number of carbonyl (C=O) groups is 6. The number of methoxy groups -OCH3 is 1. The van der Waals surface area contributed by atoms with Gasteiger partial charge in [0.05, 0.1) is 17.1 Å². The molecule has 0 radical (unpaired) electrons. The van der Waals surface area contributed by atoms with Crippen LogP contribution in [0, 0.1) is 0 Å². The van der Waals surface area contributed by atoms with Crippen molar-refractivity contribution in [1.82, 2.24) is 50.5 Å². The van der Waals surface area contributed by atoms with Crippen molar-refractivity contribution in [2.75, 3.05) is 7.11 Å². The molecule has 8 rings (SSSR count). The Kier molecular flexibility index (Phi) is 18.4. The standard InChI is InChI=1S/C26H29N5O8S2.C25H28N6O7S2/c1-25(2,3)38-23(33)13(31-24(34)39-26(4,5)6)8-18-27-16(11-40-18)19-28-14(9-36-19)21-30-17(12-41-21)20-29-15(10-37-20)22(32)35-7;1-24(2,3)37-22(33)12(31-23(34)38-25(4,5)6)7-17-27-15(10-39-17)19-29-14(9-36-19)21-30-16(11-40-21)20-28-13(8-35-20)18(26)32/h9-13H,8H2,1-7H3,(H,31,34);8-12H,7H2,1-6H3,(H2,26,32)(H,31,34)/t13-;12-/m00/s1. The fourth-order valence-electron chi connectivity index (χ4n) is 6.44. The molecule has 8 aromatic heterocycles. The summed E-state index contributed by atoms with van der Waals surface area (Å²) < 4.78 is 48.1. The van der Waals surface area contributed by atoms with Crippen LogP contribution in [0.15, 0.2) is 64.2 Å². The van der Waals surface area contributed by atoms with E-state index in [-0.39, 0.29) is 47.8 Å².